The van der Waals surface area contributed by atoms with E-state index in [1.807, 2.05) is 24.8 Å². The molecular weight excluding hydrogens is 511 g/mol. The zero-order chi connectivity index (χ0) is 26.0. The molecule has 0 radical (unpaired) electrons. The minimum Gasteiger partial charge on any atom is -0.489 e. The second-order valence-electron chi connectivity index (χ2n) is 10.2. The summed E-state index contributed by atoms with van der Waals surface area (Å²) < 4.78 is 29.0. The summed E-state index contributed by atoms with van der Waals surface area (Å²) in [6.45, 7) is 12.8. The number of ether oxygens (including phenoxy) is 3. The van der Waals surface area contributed by atoms with Crippen molar-refractivity contribution in [3.8, 4) is 5.75 Å². The molecule has 0 saturated carbocycles. The second kappa shape index (κ2) is 11.5. The number of hydrogen-bond acceptors (Lipinski definition) is 5. The van der Waals surface area contributed by atoms with Crippen LogP contribution in [0.3, 0.4) is 0 Å². The second-order valence-corrected chi connectivity index (χ2v) is 12.7. The van der Waals surface area contributed by atoms with E-state index in [2.05, 4.69) is 6.58 Å². The van der Waals surface area contributed by atoms with Crippen LogP contribution in [-0.2, 0) is 25.3 Å². The number of piperidine rings is 1. The molecule has 2 aliphatic rings. The van der Waals surface area contributed by atoms with Gasteiger partial charge in [-0.3, -0.25) is 9.93 Å². The van der Waals surface area contributed by atoms with Gasteiger partial charge < -0.3 is 19.1 Å². The predicted molar refractivity (Wildman–Crippen MR) is 140 cm³/mol. The van der Waals surface area contributed by atoms with E-state index < -0.39 is 27.6 Å². The summed E-state index contributed by atoms with van der Waals surface area (Å²) in [5.74, 6) is -0.143. The maximum absolute atomic E-state index is 13.0. The van der Waals surface area contributed by atoms with Crippen LogP contribution < -0.4 is 9.88 Å². The van der Waals surface area contributed by atoms with Gasteiger partial charge >= 0.3 is 0 Å². The Bertz CT molecular complexity index is 963. The van der Waals surface area contributed by atoms with Crippen molar-refractivity contribution in [1.29, 1.82) is 0 Å². The lowest BCUT2D eigenvalue weighted by Crippen LogP contribution is -2.46. The molecule has 1 amide bonds. The third-order valence-electron chi connectivity index (χ3n) is 6.78. The lowest BCUT2D eigenvalue weighted by atomic mass is 9.75. The zero-order valence-electron chi connectivity index (χ0n) is 20.9. The molecule has 196 valence electrons. The largest absolute Gasteiger partial charge is 0.489 e. The van der Waals surface area contributed by atoms with Crippen molar-refractivity contribution in [2.75, 3.05) is 26.3 Å². The number of hydrogen-bond donors (Lipinski definition) is 1. The summed E-state index contributed by atoms with van der Waals surface area (Å²) in [5.41, 5.74) is 0.790. The van der Waals surface area contributed by atoms with E-state index in [0.717, 1.165) is 18.4 Å². The molecule has 2 saturated heterocycles. The molecular formula is C25H36Cl2N2O5S. The lowest BCUT2D eigenvalue weighted by Gasteiger charge is -2.40. The van der Waals surface area contributed by atoms with Gasteiger partial charge in [-0.05, 0) is 70.9 Å². The monoisotopic (exact) mass is 546 g/mol. The summed E-state index contributed by atoms with van der Waals surface area (Å²) in [4.78, 5) is 14.9. The highest BCUT2D eigenvalue weighted by Gasteiger charge is 2.42. The highest BCUT2D eigenvalue weighted by atomic mass is 35.5. The standard InChI is InChI=1S/C25H36Cl2N2O5S/c1-6-13-32-19-8-7-18(26)22(27)21(19)17(14-24(2,3)35(28)31)16-9-11-29(12-10-16)23(30)20-15-33-25(4,5)34-20/h6-8,16-17,20H,1,9-15,28H2,2-5H3/t17-,20-,35?/m1/s1. The van der Waals surface area contributed by atoms with Crippen LogP contribution in [0.4, 0.5) is 0 Å². The zero-order valence-corrected chi connectivity index (χ0v) is 23.2. The van der Waals surface area contributed by atoms with Gasteiger partial charge in [-0.1, -0.05) is 35.9 Å². The molecule has 2 fully saturated rings. The van der Waals surface area contributed by atoms with E-state index in [9.17, 15) is 9.00 Å². The third-order valence-corrected chi connectivity index (χ3v) is 8.86. The van der Waals surface area contributed by atoms with Crippen LogP contribution in [0, 0.1) is 5.92 Å². The number of carbonyl (C=O) groups excluding carboxylic acids is 1. The van der Waals surface area contributed by atoms with Crippen LogP contribution in [0.1, 0.15) is 58.4 Å². The van der Waals surface area contributed by atoms with Crippen LogP contribution in [-0.4, -0.2) is 58.0 Å². The maximum Gasteiger partial charge on any atom is 0.254 e. The molecule has 0 bridgehead atoms. The molecule has 2 heterocycles. The smallest absolute Gasteiger partial charge is 0.254 e. The first-order valence-electron chi connectivity index (χ1n) is 11.8. The van der Waals surface area contributed by atoms with E-state index in [1.165, 1.54) is 0 Å². The molecule has 1 unspecified atom stereocenters. The summed E-state index contributed by atoms with van der Waals surface area (Å²) in [6, 6.07) is 3.52. The fraction of sp³-hybridized carbons (Fsp3) is 0.640. The fourth-order valence-corrected chi connectivity index (χ4v) is 5.62. The van der Waals surface area contributed by atoms with E-state index in [4.69, 9.17) is 42.6 Å². The minimum atomic E-state index is -1.55. The summed E-state index contributed by atoms with van der Waals surface area (Å²) >= 11 is 13.2. The van der Waals surface area contributed by atoms with Crippen molar-refractivity contribution in [2.45, 2.75) is 69.5 Å². The van der Waals surface area contributed by atoms with Crippen molar-refractivity contribution >= 4 is 40.1 Å². The molecule has 1 aromatic rings. The first kappa shape index (κ1) is 28.4. The van der Waals surface area contributed by atoms with Gasteiger partial charge in [0.25, 0.3) is 5.91 Å². The van der Waals surface area contributed by atoms with Gasteiger partial charge in [-0.25, -0.2) is 4.21 Å². The van der Waals surface area contributed by atoms with Gasteiger partial charge in [-0.15, -0.1) is 0 Å². The van der Waals surface area contributed by atoms with E-state index in [0.29, 0.717) is 41.9 Å². The van der Waals surface area contributed by atoms with E-state index in [1.54, 1.807) is 26.0 Å². The molecule has 35 heavy (non-hydrogen) atoms. The van der Waals surface area contributed by atoms with E-state index >= 15 is 0 Å². The van der Waals surface area contributed by atoms with Crippen LogP contribution >= 0.6 is 23.2 Å². The lowest BCUT2D eigenvalue weighted by molar-refractivity contribution is -0.161. The van der Waals surface area contributed by atoms with Gasteiger partial charge in [0.15, 0.2) is 11.9 Å². The Morgan fingerprint density at radius 2 is 2.03 bits per heavy atom. The molecule has 0 aromatic heterocycles. The molecule has 3 atom stereocenters. The number of amides is 1. The number of nitrogens with two attached hydrogens (primary N) is 1. The van der Waals surface area contributed by atoms with Crippen molar-refractivity contribution in [3.05, 3.63) is 40.4 Å². The molecule has 10 heteroatoms. The Balaban J connectivity index is 1.86. The quantitative estimate of drug-likeness (QED) is 0.448. The van der Waals surface area contributed by atoms with Crippen LogP contribution in [0.2, 0.25) is 10.0 Å². The van der Waals surface area contributed by atoms with Gasteiger partial charge in [0, 0.05) is 18.7 Å². The molecule has 0 aliphatic carbocycles. The number of carbonyl (C=O) groups is 1. The summed E-state index contributed by atoms with van der Waals surface area (Å²) in [7, 11) is -1.55. The summed E-state index contributed by atoms with van der Waals surface area (Å²) in [6.07, 6.45) is 3.08. The highest BCUT2D eigenvalue weighted by Crippen LogP contribution is 2.47. The maximum atomic E-state index is 13.0. The van der Waals surface area contributed by atoms with Gasteiger partial charge in [0.1, 0.15) is 12.4 Å². The van der Waals surface area contributed by atoms with Crippen LogP contribution in [0.5, 0.6) is 5.75 Å². The number of halogens is 2. The number of rotatable bonds is 9. The van der Waals surface area contributed by atoms with Gasteiger partial charge in [0.05, 0.1) is 32.4 Å². The Kier molecular flexibility index (Phi) is 9.32. The average Bonchev–Trinajstić information content (AvgIpc) is 3.17. The van der Waals surface area contributed by atoms with Crippen molar-refractivity contribution < 1.29 is 23.2 Å². The van der Waals surface area contributed by atoms with Gasteiger partial charge in [-0.2, -0.15) is 0 Å². The highest BCUT2D eigenvalue weighted by molar-refractivity contribution is 7.84. The number of benzene rings is 1. The fourth-order valence-electron chi connectivity index (χ4n) is 4.82. The number of nitrogens with zero attached hydrogens (tertiary/aromatic N) is 1. The Morgan fingerprint density at radius 1 is 1.37 bits per heavy atom. The molecule has 1 aromatic carbocycles. The van der Waals surface area contributed by atoms with Crippen LogP contribution in [0.25, 0.3) is 0 Å². The van der Waals surface area contributed by atoms with Crippen LogP contribution in [0.15, 0.2) is 24.8 Å². The topological polar surface area (TPSA) is 91.1 Å². The van der Waals surface area contributed by atoms with Gasteiger partial charge in [0.2, 0.25) is 0 Å². The normalized spacial score (nSPS) is 22.6. The Labute approximate surface area is 220 Å². The molecule has 0 spiro atoms. The molecule has 2 N–H and O–H groups in total. The van der Waals surface area contributed by atoms with Crippen molar-refractivity contribution in [1.82, 2.24) is 4.90 Å². The van der Waals surface area contributed by atoms with Crippen molar-refractivity contribution in [3.63, 3.8) is 0 Å². The first-order chi connectivity index (χ1) is 16.4. The third kappa shape index (κ3) is 6.79. The van der Waals surface area contributed by atoms with E-state index in [-0.39, 0.29) is 24.3 Å². The average molecular weight is 548 g/mol. The first-order valence-corrected chi connectivity index (χ1v) is 13.8. The Hall–Kier alpha value is -1.16. The van der Waals surface area contributed by atoms with Crippen molar-refractivity contribution in [2.24, 2.45) is 11.1 Å². The molecule has 2 aliphatic heterocycles. The Morgan fingerprint density at radius 3 is 2.57 bits per heavy atom. The minimum absolute atomic E-state index is 0.0511. The SMILES string of the molecule is C=CCOc1ccc(Cl)c(Cl)c1[C@H](CC(C)(C)S(N)=O)C1CCN(C(=O)[C@H]2COC(C)(C)O2)CC1. The molecule has 3 rings (SSSR count). The molecule has 7 nitrogen and oxygen atoms in total. The summed E-state index contributed by atoms with van der Waals surface area (Å²) in [5, 5.41) is 6.71. The predicted octanol–water partition coefficient (Wildman–Crippen LogP) is 4.82. The number of likely N-dealkylation sites (tertiary alicyclic amines) is 1.